The van der Waals surface area contributed by atoms with E-state index in [4.69, 9.17) is 0 Å². The van der Waals surface area contributed by atoms with E-state index in [1.165, 1.54) is 25.7 Å². The molecule has 0 aromatic carbocycles. The van der Waals surface area contributed by atoms with Crippen LogP contribution in [-0.4, -0.2) is 23.2 Å². The van der Waals surface area contributed by atoms with Crippen molar-refractivity contribution in [3.8, 4) is 0 Å². The Labute approximate surface area is 104 Å². The Morgan fingerprint density at radius 3 is 2.76 bits per heavy atom. The zero-order chi connectivity index (χ0) is 12.4. The van der Waals surface area contributed by atoms with Gasteiger partial charge < -0.3 is 9.90 Å². The number of ketones is 1. The molecule has 2 N–H and O–H groups in total. The number of hydrogen-bond donors (Lipinski definition) is 2. The van der Waals surface area contributed by atoms with Gasteiger partial charge in [0.05, 0.1) is 0 Å². The highest BCUT2D eigenvalue weighted by Gasteiger charge is 2.41. The topological polar surface area (TPSA) is 49.3 Å². The molecular formula is C14H25NO2. The fraction of sp³-hybridized carbons (Fsp3) is 0.929. The maximum absolute atomic E-state index is 11.1. The van der Waals surface area contributed by atoms with Gasteiger partial charge in [-0.15, -0.1) is 0 Å². The largest absolute Gasteiger partial charge is 0.378 e. The Kier molecular flexibility index (Phi) is 4.21. The minimum Gasteiger partial charge on any atom is -0.378 e. The van der Waals surface area contributed by atoms with Crippen LogP contribution < -0.4 is 5.32 Å². The molecule has 5 atom stereocenters. The van der Waals surface area contributed by atoms with E-state index in [-0.39, 0.29) is 11.7 Å². The minimum absolute atomic E-state index is 0.232. The van der Waals surface area contributed by atoms with E-state index < -0.39 is 6.23 Å². The monoisotopic (exact) mass is 239 g/mol. The van der Waals surface area contributed by atoms with Gasteiger partial charge in [-0.2, -0.15) is 0 Å². The summed E-state index contributed by atoms with van der Waals surface area (Å²) >= 11 is 0. The maximum atomic E-state index is 11.1. The van der Waals surface area contributed by atoms with E-state index in [0.29, 0.717) is 24.3 Å². The number of aliphatic hydroxyl groups is 1. The lowest BCUT2D eigenvalue weighted by molar-refractivity contribution is -0.118. The molecule has 0 bridgehead atoms. The van der Waals surface area contributed by atoms with Gasteiger partial charge >= 0.3 is 0 Å². The molecule has 1 saturated carbocycles. The van der Waals surface area contributed by atoms with Gasteiger partial charge in [-0.25, -0.2) is 0 Å². The summed E-state index contributed by atoms with van der Waals surface area (Å²) in [5.41, 5.74) is 0. The molecule has 0 spiro atoms. The first-order chi connectivity index (χ1) is 8.09. The molecule has 0 amide bonds. The SMILES string of the molecule is CC(=O)CCC1C(O)NC2CCCCC2C1C. The van der Waals surface area contributed by atoms with Crippen molar-refractivity contribution in [2.24, 2.45) is 17.8 Å². The molecule has 3 nitrogen and oxygen atoms in total. The van der Waals surface area contributed by atoms with Crippen LogP contribution in [0.3, 0.4) is 0 Å². The fourth-order valence-electron chi connectivity index (χ4n) is 3.73. The quantitative estimate of drug-likeness (QED) is 0.793. The van der Waals surface area contributed by atoms with E-state index in [2.05, 4.69) is 12.2 Å². The molecule has 98 valence electrons. The molecule has 3 heteroatoms. The fourth-order valence-corrected chi connectivity index (χ4v) is 3.73. The lowest BCUT2D eigenvalue weighted by Gasteiger charge is -2.47. The van der Waals surface area contributed by atoms with Crippen molar-refractivity contribution in [2.75, 3.05) is 0 Å². The van der Waals surface area contributed by atoms with Crippen molar-refractivity contribution < 1.29 is 9.90 Å². The molecule has 17 heavy (non-hydrogen) atoms. The third-order valence-corrected chi connectivity index (χ3v) is 4.79. The zero-order valence-corrected chi connectivity index (χ0v) is 11.0. The van der Waals surface area contributed by atoms with Crippen molar-refractivity contribution in [3.63, 3.8) is 0 Å². The molecule has 0 aromatic rings. The number of nitrogens with one attached hydrogen (secondary N) is 1. The first-order valence-electron chi connectivity index (χ1n) is 7.03. The van der Waals surface area contributed by atoms with Crippen molar-refractivity contribution in [2.45, 2.75) is 64.6 Å². The summed E-state index contributed by atoms with van der Waals surface area (Å²) in [4.78, 5) is 11.1. The highest BCUT2D eigenvalue weighted by atomic mass is 16.3. The predicted molar refractivity (Wildman–Crippen MR) is 67.5 cm³/mol. The smallest absolute Gasteiger partial charge is 0.129 e. The van der Waals surface area contributed by atoms with Crippen molar-refractivity contribution in [3.05, 3.63) is 0 Å². The summed E-state index contributed by atoms with van der Waals surface area (Å²) in [5.74, 6) is 1.72. The first-order valence-corrected chi connectivity index (χ1v) is 7.03. The lowest BCUT2D eigenvalue weighted by atomic mass is 9.67. The molecule has 2 aliphatic rings. The number of carbonyl (C=O) groups excluding carboxylic acids is 1. The third-order valence-electron chi connectivity index (χ3n) is 4.79. The van der Waals surface area contributed by atoms with Gasteiger partial charge in [0.1, 0.15) is 12.0 Å². The number of rotatable bonds is 3. The van der Waals surface area contributed by atoms with Gasteiger partial charge in [0, 0.05) is 18.4 Å². The van der Waals surface area contributed by atoms with Crippen LogP contribution in [-0.2, 0) is 4.79 Å². The van der Waals surface area contributed by atoms with E-state index in [1.807, 2.05) is 0 Å². The maximum Gasteiger partial charge on any atom is 0.129 e. The average molecular weight is 239 g/mol. The van der Waals surface area contributed by atoms with Gasteiger partial charge in [0.2, 0.25) is 0 Å². The number of fused-ring (bicyclic) bond motifs is 1. The number of aliphatic hydroxyl groups excluding tert-OH is 1. The van der Waals surface area contributed by atoms with E-state index in [0.717, 1.165) is 6.42 Å². The van der Waals surface area contributed by atoms with Crippen LogP contribution in [0.25, 0.3) is 0 Å². The summed E-state index contributed by atoms with van der Waals surface area (Å²) in [5, 5.41) is 13.5. The van der Waals surface area contributed by atoms with Crippen LogP contribution in [0.15, 0.2) is 0 Å². The normalized spacial score (nSPS) is 41.9. The number of piperidine rings is 1. The van der Waals surface area contributed by atoms with Gasteiger partial charge in [-0.1, -0.05) is 19.8 Å². The summed E-state index contributed by atoms with van der Waals surface area (Å²) in [6.45, 7) is 3.90. The van der Waals surface area contributed by atoms with E-state index in [9.17, 15) is 9.90 Å². The Morgan fingerprint density at radius 1 is 1.35 bits per heavy atom. The van der Waals surface area contributed by atoms with Crippen LogP contribution in [0.4, 0.5) is 0 Å². The third kappa shape index (κ3) is 2.89. The highest BCUT2D eigenvalue weighted by molar-refractivity contribution is 5.75. The Balaban J connectivity index is 1.99. The molecule has 0 radical (unpaired) electrons. The second-order valence-electron chi connectivity index (χ2n) is 5.93. The number of carbonyl (C=O) groups is 1. The number of hydrogen-bond acceptors (Lipinski definition) is 3. The van der Waals surface area contributed by atoms with Crippen molar-refractivity contribution >= 4 is 5.78 Å². The summed E-state index contributed by atoms with van der Waals surface area (Å²) in [7, 11) is 0. The molecule has 1 aliphatic heterocycles. The molecule has 1 aliphatic carbocycles. The molecular weight excluding hydrogens is 214 g/mol. The van der Waals surface area contributed by atoms with Gasteiger partial charge in [0.25, 0.3) is 0 Å². The number of Topliss-reactive ketones (excluding diaryl/α,β-unsaturated/α-hetero) is 1. The standard InChI is InChI=1S/C14H25NO2/c1-9(16)7-8-12-10(2)11-5-3-4-6-13(11)15-14(12)17/h10-15,17H,3-8H2,1-2H3. The first kappa shape index (κ1) is 13.0. The van der Waals surface area contributed by atoms with Gasteiger partial charge in [-0.05, 0) is 38.0 Å². The van der Waals surface area contributed by atoms with E-state index in [1.54, 1.807) is 6.92 Å². The average Bonchev–Trinajstić information content (AvgIpc) is 2.28. The zero-order valence-electron chi connectivity index (χ0n) is 11.0. The molecule has 5 unspecified atom stereocenters. The Hall–Kier alpha value is -0.410. The lowest BCUT2D eigenvalue weighted by Crippen LogP contribution is -2.57. The molecule has 1 heterocycles. The second kappa shape index (κ2) is 5.49. The van der Waals surface area contributed by atoms with Gasteiger partial charge in [0.15, 0.2) is 0 Å². The van der Waals surface area contributed by atoms with Crippen LogP contribution >= 0.6 is 0 Å². The van der Waals surface area contributed by atoms with Crippen LogP contribution in [0, 0.1) is 17.8 Å². The molecule has 2 rings (SSSR count). The van der Waals surface area contributed by atoms with Crippen LogP contribution in [0.1, 0.15) is 52.4 Å². The van der Waals surface area contributed by atoms with Crippen molar-refractivity contribution in [1.29, 1.82) is 0 Å². The Bertz CT molecular complexity index is 279. The van der Waals surface area contributed by atoms with Crippen LogP contribution in [0.5, 0.6) is 0 Å². The highest BCUT2D eigenvalue weighted by Crippen LogP contribution is 2.40. The van der Waals surface area contributed by atoms with E-state index >= 15 is 0 Å². The molecule has 0 aromatic heterocycles. The summed E-state index contributed by atoms with van der Waals surface area (Å²) in [6.07, 6.45) is 6.10. The van der Waals surface area contributed by atoms with Gasteiger partial charge in [-0.3, -0.25) is 5.32 Å². The molecule has 1 saturated heterocycles. The summed E-state index contributed by atoms with van der Waals surface area (Å²) in [6, 6.07) is 0.502. The van der Waals surface area contributed by atoms with Crippen LogP contribution in [0.2, 0.25) is 0 Å². The Morgan fingerprint density at radius 2 is 2.06 bits per heavy atom. The predicted octanol–water partition coefficient (Wildman–Crippen LogP) is 2.09. The summed E-state index contributed by atoms with van der Waals surface area (Å²) < 4.78 is 0. The second-order valence-corrected chi connectivity index (χ2v) is 5.93. The van der Waals surface area contributed by atoms with Crippen molar-refractivity contribution in [1.82, 2.24) is 5.32 Å². The minimum atomic E-state index is -0.413. The molecule has 2 fully saturated rings.